The van der Waals surface area contributed by atoms with Gasteiger partial charge in [0.15, 0.2) is 5.16 Å². The zero-order chi connectivity index (χ0) is 19.4. The van der Waals surface area contributed by atoms with E-state index in [4.69, 9.17) is 4.74 Å². The van der Waals surface area contributed by atoms with Gasteiger partial charge >= 0.3 is 0 Å². The number of aromatic nitrogens is 2. The van der Waals surface area contributed by atoms with Gasteiger partial charge in [0, 0.05) is 30.3 Å². The SMILES string of the molecule is COc1ccc(CN(C(=O)CCc2c(C)nc(SC)[nH]c2=O)C2CC2)cc1. The number of ether oxygens (including phenoxy) is 1. The van der Waals surface area contributed by atoms with Gasteiger partial charge in [0.05, 0.1) is 7.11 Å². The van der Waals surface area contributed by atoms with E-state index < -0.39 is 0 Å². The first-order valence-electron chi connectivity index (χ1n) is 9.08. The van der Waals surface area contributed by atoms with Gasteiger partial charge in [0.1, 0.15) is 5.75 Å². The summed E-state index contributed by atoms with van der Waals surface area (Å²) in [7, 11) is 1.64. The first kappa shape index (κ1) is 19.5. The number of hydrogen-bond acceptors (Lipinski definition) is 5. The Bertz CT molecular complexity index is 860. The Balaban J connectivity index is 1.66. The molecule has 0 aliphatic heterocycles. The van der Waals surface area contributed by atoms with Gasteiger partial charge in [-0.1, -0.05) is 23.9 Å². The predicted octanol–water partition coefficient (Wildman–Crippen LogP) is 2.93. The van der Waals surface area contributed by atoms with E-state index in [1.807, 2.05) is 42.3 Å². The minimum absolute atomic E-state index is 0.0843. The Kier molecular flexibility index (Phi) is 6.21. The monoisotopic (exact) mass is 387 g/mol. The average Bonchev–Trinajstić information content (AvgIpc) is 3.50. The quantitative estimate of drug-likeness (QED) is 0.557. The summed E-state index contributed by atoms with van der Waals surface area (Å²) in [4.78, 5) is 34.2. The van der Waals surface area contributed by atoms with Crippen LogP contribution in [-0.4, -0.2) is 40.2 Å². The number of nitrogens with one attached hydrogen (secondary N) is 1. The van der Waals surface area contributed by atoms with E-state index in [-0.39, 0.29) is 11.5 Å². The number of hydrogen-bond donors (Lipinski definition) is 1. The third-order valence-electron chi connectivity index (χ3n) is 4.80. The number of methoxy groups -OCH3 is 1. The minimum atomic E-state index is -0.146. The van der Waals surface area contributed by atoms with Crippen LogP contribution in [0.25, 0.3) is 0 Å². The fourth-order valence-electron chi connectivity index (χ4n) is 3.09. The molecule has 0 spiro atoms. The highest BCUT2D eigenvalue weighted by Crippen LogP contribution is 2.29. The van der Waals surface area contributed by atoms with E-state index >= 15 is 0 Å². The molecular weight excluding hydrogens is 362 g/mol. The van der Waals surface area contributed by atoms with Crippen LogP contribution < -0.4 is 10.3 Å². The third kappa shape index (κ3) is 4.91. The van der Waals surface area contributed by atoms with Crippen LogP contribution in [-0.2, 0) is 17.8 Å². The second kappa shape index (κ2) is 8.61. The summed E-state index contributed by atoms with van der Waals surface area (Å²) >= 11 is 1.40. The van der Waals surface area contributed by atoms with E-state index in [9.17, 15) is 9.59 Å². The molecular formula is C20H25N3O3S. The molecule has 1 aromatic heterocycles. The number of H-pyrrole nitrogens is 1. The van der Waals surface area contributed by atoms with Crippen LogP contribution in [0.3, 0.4) is 0 Å². The molecule has 27 heavy (non-hydrogen) atoms. The lowest BCUT2D eigenvalue weighted by Gasteiger charge is -2.23. The van der Waals surface area contributed by atoms with Crippen molar-refractivity contribution in [3.05, 3.63) is 51.4 Å². The minimum Gasteiger partial charge on any atom is -0.497 e. The lowest BCUT2D eigenvalue weighted by molar-refractivity contribution is -0.132. The summed E-state index contributed by atoms with van der Waals surface area (Å²) in [5.74, 6) is 0.889. The predicted molar refractivity (Wildman–Crippen MR) is 106 cm³/mol. The van der Waals surface area contributed by atoms with E-state index in [1.165, 1.54) is 11.8 Å². The molecule has 1 heterocycles. The van der Waals surface area contributed by atoms with Crippen LogP contribution in [0.2, 0.25) is 0 Å². The molecule has 1 saturated carbocycles. The number of nitrogens with zero attached hydrogens (tertiary/aromatic N) is 2. The number of rotatable bonds is 8. The highest BCUT2D eigenvalue weighted by molar-refractivity contribution is 7.98. The topological polar surface area (TPSA) is 75.3 Å². The van der Waals surface area contributed by atoms with Crippen molar-refractivity contribution < 1.29 is 9.53 Å². The van der Waals surface area contributed by atoms with Gasteiger partial charge in [0.2, 0.25) is 5.91 Å². The van der Waals surface area contributed by atoms with Crippen LogP contribution in [0.15, 0.2) is 34.2 Å². The lowest BCUT2D eigenvalue weighted by atomic mass is 10.1. The number of aromatic amines is 1. The van der Waals surface area contributed by atoms with Gasteiger partial charge in [-0.05, 0) is 50.1 Å². The van der Waals surface area contributed by atoms with Crippen molar-refractivity contribution in [1.82, 2.24) is 14.9 Å². The van der Waals surface area contributed by atoms with Crippen molar-refractivity contribution in [3.8, 4) is 5.75 Å². The van der Waals surface area contributed by atoms with Gasteiger partial charge in [-0.3, -0.25) is 9.59 Å². The molecule has 1 amide bonds. The highest BCUT2D eigenvalue weighted by Gasteiger charge is 2.32. The zero-order valence-electron chi connectivity index (χ0n) is 15.9. The first-order chi connectivity index (χ1) is 13.0. The summed E-state index contributed by atoms with van der Waals surface area (Å²) < 4.78 is 5.19. The number of amides is 1. The largest absolute Gasteiger partial charge is 0.497 e. The molecule has 0 bridgehead atoms. The van der Waals surface area contributed by atoms with E-state index in [1.54, 1.807) is 7.11 Å². The van der Waals surface area contributed by atoms with Crippen molar-refractivity contribution in [2.75, 3.05) is 13.4 Å². The molecule has 1 aromatic carbocycles. The van der Waals surface area contributed by atoms with Crippen LogP contribution in [0.1, 0.15) is 36.1 Å². The lowest BCUT2D eigenvalue weighted by Crippen LogP contribution is -2.33. The molecule has 1 N–H and O–H groups in total. The maximum Gasteiger partial charge on any atom is 0.254 e. The van der Waals surface area contributed by atoms with E-state index in [0.717, 1.165) is 24.2 Å². The second-order valence-corrected chi connectivity index (χ2v) is 7.54. The van der Waals surface area contributed by atoms with Gasteiger partial charge in [-0.2, -0.15) is 0 Å². The average molecular weight is 388 g/mol. The molecule has 1 aliphatic carbocycles. The van der Waals surface area contributed by atoms with Crippen molar-refractivity contribution in [1.29, 1.82) is 0 Å². The molecule has 0 atom stereocenters. The number of carbonyl (C=O) groups excluding carboxylic acids is 1. The molecule has 0 unspecified atom stereocenters. The normalized spacial score (nSPS) is 13.4. The number of carbonyl (C=O) groups is 1. The number of thioether (sulfide) groups is 1. The van der Waals surface area contributed by atoms with Crippen LogP contribution in [0.4, 0.5) is 0 Å². The first-order valence-corrected chi connectivity index (χ1v) is 10.3. The summed E-state index contributed by atoms with van der Waals surface area (Å²) in [6.45, 7) is 2.41. The fourth-order valence-corrected chi connectivity index (χ4v) is 3.51. The number of aryl methyl sites for hydroxylation is 1. The standard InChI is InChI=1S/C20H25N3O3S/c1-13-17(19(25)22-20(21-13)27-3)10-11-18(24)23(15-6-7-15)12-14-4-8-16(26-2)9-5-14/h4-5,8-9,15H,6-7,10-12H2,1-3H3,(H,21,22,25). The van der Waals surface area contributed by atoms with Crippen LogP contribution in [0, 0.1) is 6.92 Å². The van der Waals surface area contributed by atoms with Crippen molar-refractivity contribution in [3.63, 3.8) is 0 Å². The summed E-state index contributed by atoms with van der Waals surface area (Å²) in [6, 6.07) is 8.11. The molecule has 1 fully saturated rings. The molecule has 3 rings (SSSR count). The zero-order valence-corrected chi connectivity index (χ0v) is 16.8. The van der Waals surface area contributed by atoms with Crippen LogP contribution in [0.5, 0.6) is 5.75 Å². The Labute approximate surface area is 163 Å². The van der Waals surface area contributed by atoms with Gasteiger partial charge < -0.3 is 14.6 Å². The van der Waals surface area contributed by atoms with Gasteiger partial charge in [-0.15, -0.1) is 0 Å². The third-order valence-corrected chi connectivity index (χ3v) is 5.38. The van der Waals surface area contributed by atoms with Crippen molar-refractivity contribution >= 4 is 17.7 Å². The molecule has 0 radical (unpaired) electrons. The Hall–Kier alpha value is -2.28. The molecule has 144 valence electrons. The fraction of sp³-hybridized carbons (Fsp3) is 0.450. The second-order valence-electron chi connectivity index (χ2n) is 6.74. The molecule has 0 saturated heterocycles. The maximum absolute atomic E-state index is 12.8. The summed E-state index contributed by atoms with van der Waals surface area (Å²) in [5.41, 5.74) is 2.23. The smallest absolute Gasteiger partial charge is 0.254 e. The van der Waals surface area contributed by atoms with Gasteiger partial charge in [0.25, 0.3) is 5.56 Å². The van der Waals surface area contributed by atoms with Crippen LogP contribution >= 0.6 is 11.8 Å². The summed E-state index contributed by atoms with van der Waals surface area (Å²) in [6.07, 6.45) is 4.69. The Morgan fingerprint density at radius 2 is 2.04 bits per heavy atom. The van der Waals surface area contributed by atoms with E-state index in [2.05, 4.69) is 9.97 Å². The number of benzene rings is 1. The maximum atomic E-state index is 12.8. The molecule has 2 aromatic rings. The van der Waals surface area contributed by atoms with Crippen molar-refractivity contribution in [2.24, 2.45) is 0 Å². The van der Waals surface area contributed by atoms with Crippen molar-refractivity contribution in [2.45, 2.75) is 50.4 Å². The van der Waals surface area contributed by atoms with E-state index in [0.29, 0.717) is 41.8 Å². The Morgan fingerprint density at radius 1 is 1.33 bits per heavy atom. The highest BCUT2D eigenvalue weighted by atomic mass is 32.2. The molecule has 7 heteroatoms. The molecule has 1 aliphatic rings. The van der Waals surface area contributed by atoms with Gasteiger partial charge in [-0.25, -0.2) is 4.98 Å². The summed E-state index contributed by atoms with van der Waals surface area (Å²) in [5, 5.41) is 0.603. The molecule has 6 nitrogen and oxygen atoms in total. The Morgan fingerprint density at radius 3 is 2.59 bits per heavy atom.